The summed E-state index contributed by atoms with van der Waals surface area (Å²) in [5.74, 6) is -0.621. The molecule has 0 bridgehead atoms. The van der Waals surface area contributed by atoms with Gasteiger partial charge in [-0.15, -0.1) is 0 Å². The van der Waals surface area contributed by atoms with Gasteiger partial charge in [0.1, 0.15) is 6.04 Å². The van der Waals surface area contributed by atoms with Gasteiger partial charge in [0.25, 0.3) is 0 Å². The zero-order chi connectivity index (χ0) is 15.5. The van der Waals surface area contributed by atoms with Crippen molar-refractivity contribution in [2.75, 3.05) is 13.7 Å². The van der Waals surface area contributed by atoms with Crippen molar-refractivity contribution < 1.29 is 19.4 Å². The van der Waals surface area contributed by atoms with Gasteiger partial charge in [0.05, 0.1) is 0 Å². The molecule has 0 aliphatic rings. The van der Waals surface area contributed by atoms with Crippen molar-refractivity contribution >= 4 is 12.0 Å². The number of urea groups is 1. The highest BCUT2D eigenvalue weighted by Gasteiger charge is 2.21. The molecule has 6 heteroatoms. The second kappa shape index (κ2) is 10.5. The van der Waals surface area contributed by atoms with Crippen LogP contribution in [0.25, 0.3) is 0 Å². The Morgan fingerprint density at radius 1 is 1.20 bits per heavy atom. The molecule has 2 unspecified atom stereocenters. The Labute approximate surface area is 121 Å². The van der Waals surface area contributed by atoms with Gasteiger partial charge < -0.3 is 20.5 Å². The van der Waals surface area contributed by atoms with Crippen LogP contribution in [0.2, 0.25) is 0 Å². The first-order valence-electron chi connectivity index (χ1n) is 7.24. The Morgan fingerprint density at radius 2 is 1.80 bits per heavy atom. The lowest BCUT2D eigenvalue weighted by Gasteiger charge is -2.24. The van der Waals surface area contributed by atoms with E-state index in [0.29, 0.717) is 25.4 Å². The molecule has 0 saturated carbocycles. The van der Waals surface area contributed by atoms with E-state index in [1.165, 1.54) is 0 Å². The van der Waals surface area contributed by atoms with E-state index in [9.17, 15) is 9.59 Å². The average Bonchev–Trinajstić information content (AvgIpc) is 2.38. The molecule has 0 radical (unpaired) electrons. The first-order chi connectivity index (χ1) is 9.46. The number of hydrogen-bond acceptors (Lipinski definition) is 3. The number of nitrogens with one attached hydrogen (secondary N) is 2. The van der Waals surface area contributed by atoms with Gasteiger partial charge in [-0.1, -0.05) is 26.7 Å². The van der Waals surface area contributed by atoms with Crippen LogP contribution >= 0.6 is 0 Å². The van der Waals surface area contributed by atoms with Crippen LogP contribution in [0.4, 0.5) is 4.79 Å². The maximum atomic E-state index is 11.8. The normalized spacial score (nSPS) is 13.8. The minimum Gasteiger partial charge on any atom is -0.480 e. The molecular weight excluding hydrogens is 260 g/mol. The van der Waals surface area contributed by atoms with Gasteiger partial charge in [-0.25, -0.2) is 9.59 Å². The summed E-state index contributed by atoms with van der Waals surface area (Å²) in [5.41, 5.74) is 0. The number of aliphatic carboxylic acids is 1. The third-order valence-electron chi connectivity index (χ3n) is 3.56. The van der Waals surface area contributed by atoms with E-state index in [4.69, 9.17) is 9.84 Å². The molecule has 2 amide bonds. The van der Waals surface area contributed by atoms with Crippen molar-refractivity contribution in [1.82, 2.24) is 10.6 Å². The largest absolute Gasteiger partial charge is 0.480 e. The minimum absolute atomic E-state index is 0.0263. The molecule has 0 aromatic heterocycles. The van der Waals surface area contributed by atoms with Gasteiger partial charge in [0.2, 0.25) is 0 Å². The Kier molecular flexibility index (Phi) is 9.80. The molecule has 0 heterocycles. The lowest BCUT2D eigenvalue weighted by Crippen LogP contribution is -2.49. The van der Waals surface area contributed by atoms with Crippen LogP contribution in [0.1, 0.15) is 46.5 Å². The van der Waals surface area contributed by atoms with E-state index >= 15 is 0 Å². The van der Waals surface area contributed by atoms with Crippen molar-refractivity contribution in [3.05, 3.63) is 0 Å². The van der Waals surface area contributed by atoms with Crippen LogP contribution in [0, 0.1) is 5.92 Å². The Hall–Kier alpha value is -1.30. The number of carboxylic acid groups (broad SMARTS) is 1. The SMILES string of the molecule is CCC(CC)C(C)NC(=O)NC(CCCOC)C(=O)O. The second-order valence-corrected chi connectivity index (χ2v) is 5.01. The highest BCUT2D eigenvalue weighted by molar-refractivity contribution is 5.82. The number of hydrogen-bond donors (Lipinski definition) is 3. The van der Waals surface area contributed by atoms with Gasteiger partial charge in [-0.3, -0.25) is 0 Å². The summed E-state index contributed by atoms with van der Waals surface area (Å²) in [6.45, 7) is 6.58. The zero-order valence-electron chi connectivity index (χ0n) is 12.9. The summed E-state index contributed by atoms with van der Waals surface area (Å²) in [6.07, 6.45) is 2.91. The van der Waals surface area contributed by atoms with E-state index < -0.39 is 18.0 Å². The highest BCUT2D eigenvalue weighted by Crippen LogP contribution is 2.12. The van der Waals surface area contributed by atoms with Gasteiger partial charge in [-0.2, -0.15) is 0 Å². The molecule has 0 aromatic carbocycles. The predicted molar refractivity (Wildman–Crippen MR) is 77.7 cm³/mol. The zero-order valence-corrected chi connectivity index (χ0v) is 12.9. The molecule has 0 aliphatic heterocycles. The maximum Gasteiger partial charge on any atom is 0.326 e. The van der Waals surface area contributed by atoms with Crippen molar-refractivity contribution in [2.45, 2.75) is 58.5 Å². The van der Waals surface area contributed by atoms with Gasteiger partial charge >= 0.3 is 12.0 Å². The molecule has 6 nitrogen and oxygen atoms in total. The fraction of sp³-hybridized carbons (Fsp3) is 0.857. The van der Waals surface area contributed by atoms with Gasteiger partial charge in [0, 0.05) is 19.8 Å². The van der Waals surface area contributed by atoms with E-state index in [0.717, 1.165) is 12.8 Å². The highest BCUT2D eigenvalue weighted by atomic mass is 16.5. The molecule has 0 saturated heterocycles. The number of carbonyl (C=O) groups is 2. The summed E-state index contributed by atoms with van der Waals surface area (Å²) in [5, 5.41) is 14.4. The Morgan fingerprint density at radius 3 is 2.25 bits per heavy atom. The van der Waals surface area contributed by atoms with E-state index in [-0.39, 0.29) is 6.04 Å². The third kappa shape index (κ3) is 7.33. The summed E-state index contributed by atoms with van der Waals surface area (Å²) in [7, 11) is 1.56. The first kappa shape index (κ1) is 18.7. The summed E-state index contributed by atoms with van der Waals surface area (Å²) < 4.78 is 4.88. The van der Waals surface area contributed by atoms with Crippen LogP contribution in [0.15, 0.2) is 0 Å². The molecule has 0 aliphatic carbocycles. The van der Waals surface area contributed by atoms with Crippen molar-refractivity contribution in [3.8, 4) is 0 Å². The predicted octanol–water partition coefficient (Wildman–Crippen LogP) is 1.99. The molecule has 0 rings (SSSR count). The monoisotopic (exact) mass is 288 g/mol. The molecule has 118 valence electrons. The van der Waals surface area contributed by atoms with Crippen LogP contribution < -0.4 is 10.6 Å². The number of carbonyl (C=O) groups excluding carboxylic acids is 1. The van der Waals surface area contributed by atoms with E-state index in [1.807, 2.05) is 6.92 Å². The lowest BCUT2D eigenvalue weighted by molar-refractivity contribution is -0.139. The smallest absolute Gasteiger partial charge is 0.326 e. The van der Waals surface area contributed by atoms with Crippen LogP contribution in [0.5, 0.6) is 0 Å². The van der Waals surface area contributed by atoms with Crippen molar-refractivity contribution in [3.63, 3.8) is 0 Å². The molecule has 20 heavy (non-hydrogen) atoms. The number of carboxylic acids is 1. The van der Waals surface area contributed by atoms with Gasteiger partial charge in [-0.05, 0) is 25.7 Å². The summed E-state index contributed by atoms with van der Waals surface area (Å²) >= 11 is 0. The molecule has 0 fully saturated rings. The maximum absolute atomic E-state index is 11.8. The Bertz CT molecular complexity index is 293. The van der Waals surface area contributed by atoms with Gasteiger partial charge in [0.15, 0.2) is 0 Å². The standard InChI is InChI=1S/C14H28N2O4/c1-5-11(6-2)10(3)15-14(19)16-12(13(17)18)8-7-9-20-4/h10-12H,5-9H2,1-4H3,(H,17,18)(H2,15,16,19). The van der Waals surface area contributed by atoms with E-state index in [1.54, 1.807) is 7.11 Å². The molecule has 0 spiro atoms. The number of rotatable bonds is 10. The summed E-state index contributed by atoms with van der Waals surface area (Å²) in [6, 6.07) is -1.27. The number of ether oxygens (including phenoxy) is 1. The molecule has 0 aromatic rings. The molecular formula is C14H28N2O4. The number of amides is 2. The Balaban J connectivity index is 4.28. The molecule has 3 N–H and O–H groups in total. The minimum atomic E-state index is -1.02. The average molecular weight is 288 g/mol. The summed E-state index contributed by atoms with van der Waals surface area (Å²) in [4.78, 5) is 22.9. The van der Waals surface area contributed by atoms with Crippen molar-refractivity contribution in [2.24, 2.45) is 5.92 Å². The fourth-order valence-corrected chi connectivity index (χ4v) is 2.21. The van der Waals surface area contributed by atoms with Crippen LogP contribution in [0.3, 0.4) is 0 Å². The fourth-order valence-electron chi connectivity index (χ4n) is 2.21. The van der Waals surface area contributed by atoms with Crippen LogP contribution in [-0.2, 0) is 9.53 Å². The first-order valence-corrected chi connectivity index (χ1v) is 7.24. The quantitative estimate of drug-likeness (QED) is 0.536. The van der Waals surface area contributed by atoms with Crippen LogP contribution in [-0.4, -0.2) is 42.9 Å². The topological polar surface area (TPSA) is 87.7 Å². The third-order valence-corrected chi connectivity index (χ3v) is 3.56. The molecule has 2 atom stereocenters. The lowest BCUT2D eigenvalue weighted by atomic mass is 9.96. The second-order valence-electron chi connectivity index (χ2n) is 5.01. The van der Waals surface area contributed by atoms with E-state index in [2.05, 4.69) is 24.5 Å². The van der Waals surface area contributed by atoms with Crippen molar-refractivity contribution in [1.29, 1.82) is 0 Å². The number of methoxy groups -OCH3 is 1.